The van der Waals surface area contributed by atoms with Crippen LogP contribution in [0.3, 0.4) is 0 Å². The smallest absolute Gasteiger partial charge is 0.275 e. The molecule has 126 valence electrons. The van der Waals surface area contributed by atoms with Crippen molar-refractivity contribution < 1.29 is 4.79 Å². The van der Waals surface area contributed by atoms with Gasteiger partial charge in [0.05, 0.1) is 0 Å². The van der Waals surface area contributed by atoms with Gasteiger partial charge in [-0.3, -0.25) is 9.20 Å². The highest BCUT2D eigenvalue weighted by Gasteiger charge is 2.14. The Labute approximate surface area is 145 Å². The predicted molar refractivity (Wildman–Crippen MR) is 100 cm³/mol. The molecule has 0 spiro atoms. The van der Waals surface area contributed by atoms with E-state index < -0.39 is 0 Å². The number of carbonyl (C=O) groups excluding carboxylic acids is 1. The standard InChI is InChI=1S/C18H22N4OS/c1-5-21(6-2)14-7-8-15(12(3)9-14)19-17(23)16-11-22-10-13(4)24-18(22)20-16/h7-11H,5-6H2,1-4H3,(H,19,23). The van der Waals surface area contributed by atoms with Gasteiger partial charge < -0.3 is 10.2 Å². The minimum Gasteiger partial charge on any atom is -0.372 e. The summed E-state index contributed by atoms with van der Waals surface area (Å²) >= 11 is 1.58. The zero-order chi connectivity index (χ0) is 17.3. The van der Waals surface area contributed by atoms with Crippen LogP contribution in [0, 0.1) is 13.8 Å². The van der Waals surface area contributed by atoms with Crippen LogP contribution < -0.4 is 10.2 Å². The zero-order valence-electron chi connectivity index (χ0n) is 14.5. The van der Waals surface area contributed by atoms with Crippen molar-refractivity contribution in [1.82, 2.24) is 9.38 Å². The number of nitrogens with zero attached hydrogens (tertiary/aromatic N) is 3. The van der Waals surface area contributed by atoms with Crippen LogP contribution in [0.25, 0.3) is 4.96 Å². The van der Waals surface area contributed by atoms with E-state index in [2.05, 4.69) is 35.1 Å². The maximum absolute atomic E-state index is 12.5. The van der Waals surface area contributed by atoms with Crippen molar-refractivity contribution in [3.05, 3.63) is 46.7 Å². The molecular formula is C18H22N4OS. The van der Waals surface area contributed by atoms with Gasteiger partial charge in [0.1, 0.15) is 5.69 Å². The third-order valence-electron chi connectivity index (χ3n) is 4.09. The molecule has 0 aliphatic heterocycles. The molecule has 0 aliphatic carbocycles. The third kappa shape index (κ3) is 3.14. The van der Waals surface area contributed by atoms with E-state index in [0.29, 0.717) is 5.69 Å². The first-order chi connectivity index (χ1) is 11.5. The summed E-state index contributed by atoms with van der Waals surface area (Å²) in [6, 6.07) is 6.12. The monoisotopic (exact) mass is 342 g/mol. The third-order valence-corrected chi connectivity index (χ3v) is 5.00. The Morgan fingerprint density at radius 2 is 2.00 bits per heavy atom. The molecule has 0 bridgehead atoms. The number of amides is 1. The van der Waals surface area contributed by atoms with Gasteiger partial charge in [-0.15, -0.1) is 11.3 Å². The van der Waals surface area contributed by atoms with E-state index in [9.17, 15) is 4.79 Å². The number of benzene rings is 1. The van der Waals surface area contributed by atoms with Gasteiger partial charge in [0.15, 0.2) is 4.96 Å². The summed E-state index contributed by atoms with van der Waals surface area (Å²) in [5.74, 6) is -0.178. The summed E-state index contributed by atoms with van der Waals surface area (Å²) in [6.45, 7) is 10.2. The highest BCUT2D eigenvalue weighted by molar-refractivity contribution is 7.17. The van der Waals surface area contributed by atoms with E-state index >= 15 is 0 Å². The van der Waals surface area contributed by atoms with E-state index in [1.165, 1.54) is 10.6 Å². The quantitative estimate of drug-likeness (QED) is 0.759. The minimum atomic E-state index is -0.178. The molecule has 0 atom stereocenters. The summed E-state index contributed by atoms with van der Waals surface area (Å²) in [6.07, 6.45) is 3.75. The molecule has 3 aromatic rings. The summed E-state index contributed by atoms with van der Waals surface area (Å²) < 4.78 is 1.89. The van der Waals surface area contributed by atoms with Crippen molar-refractivity contribution in [3.63, 3.8) is 0 Å². The van der Waals surface area contributed by atoms with Crippen molar-refractivity contribution in [3.8, 4) is 0 Å². The Hall–Kier alpha value is -2.34. The second-order valence-corrected chi connectivity index (χ2v) is 7.00. The molecule has 0 aliphatic rings. The Morgan fingerprint density at radius 1 is 1.25 bits per heavy atom. The molecule has 1 N–H and O–H groups in total. The molecule has 0 radical (unpaired) electrons. The van der Waals surface area contributed by atoms with Gasteiger partial charge in [0, 0.05) is 41.7 Å². The number of nitrogens with one attached hydrogen (secondary N) is 1. The van der Waals surface area contributed by atoms with Crippen LogP contribution in [0.15, 0.2) is 30.6 Å². The Bertz CT molecular complexity index is 845. The summed E-state index contributed by atoms with van der Waals surface area (Å²) in [5, 5.41) is 2.97. The number of hydrogen-bond donors (Lipinski definition) is 1. The number of thiazole rings is 1. The lowest BCUT2D eigenvalue weighted by atomic mass is 10.1. The van der Waals surface area contributed by atoms with E-state index in [4.69, 9.17) is 0 Å². The maximum atomic E-state index is 12.5. The first-order valence-corrected chi connectivity index (χ1v) is 8.95. The molecule has 1 amide bonds. The number of aryl methyl sites for hydroxylation is 2. The molecular weight excluding hydrogens is 320 g/mol. The largest absolute Gasteiger partial charge is 0.372 e. The molecule has 24 heavy (non-hydrogen) atoms. The van der Waals surface area contributed by atoms with Gasteiger partial charge >= 0.3 is 0 Å². The average molecular weight is 342 g/mol. The fraction of sp³-hybridized carbons (Fsp3) is 0.333. The lowest BCUT2D eigenvalue weighted by molar-refractivity contribution is 0.102. The molecule has 3 rings (SSSR count). The van der Waals surface area contributed by atoms with E-state index in [1.807, 2.05) is 36.6 Å². The highest BCUT2D eigenvalue weighted by atomic mass is 32.1. The number of carbonyl (C=O) groups is 1. The van der Waals surface area contributed by atoms with Crippen molar-refractivity contribution in [2.75, 3.05) is 23.3 Å². The van der Waals surface area contributed by atoms with Crippen LogP contribution in [0.4, 0.5) is 11.4 Å². The fourth-order valence-corrected chi connectivity index (χ4v) is 3.59. The molecule has 2 heterocycles. The maximum Gasteiger partial charge on any atom is 0.275 e. The number of rotatable bonds is 5. The van der Waals surface area contributed by atoms with Crippen LogP contribution in [-0.4, -0.2) is 28.4 Å². The molecule has 0 unspecified atom stereocenters. The van der Waals surface area contributed by atoms with Crippen LogP contribution >= 0.6 is 11.3 Å². The van der Waals surface area contributed by atoms with Gasteiger partial charge in [-0.05, 0) is 51.5 Å². The number of hydrogen-bond acceptors (Lipinski definition) is 4. The van der Waals surface area contributed by atoms with Crippen LogP contribution in [0.1, 0.15) is 34.8 Å². The molecule has 0 saturated carbocycles. The second kappa shape index (κ2) is 6.65. The molecule has 1 aromatic carbocycles. The number of imidazole rings is 1. The Morgan fingerprint density at radius 3 is 2.62 bits per heavy atom. The van der Waals surface area contributed by atoms with Gasteiger partial charge in [-0.1, -0.05) is 0 Å². The second-order valence-electron chi connectivity index (χ2n) is 5.78. The van der Waals surface area contributed by atoms with Gasteiger partial charge in [0.25, 0.3) is 5.91 Å². The van der Waals surface area contributed by atoms with Crippen LogP contribution in [0.2, 0.25) is 0 Å². The summed E-state index contributed by atoms with van der Waals surface area (Å²) in [5.41, 5.74) is 3.48. The molecule has 0 saturated heterocycles. The van der Waals surface area contributed by atoms with Crippen molar-refractivity contribution in [2.45, 2.75) is 27.7 Å². The predicted octanol–water partition coefficient (Wildman–Crippen LogP) is 4.11. The van der Waals surface area contributed by atoms with Gasteiger partial charge in [-0.2, -0.15) is 0 Å². The lowest BCUT2D eigenvalue weighted by Crippen LogP contribution is -2.22. The number of fused-ring (bicyclic) bond motifs is 1. The van der Waals surface area contributed by atoms with E-state index in [0.717, 1.165) is 29.3 Å². The topological polar surface area (TPSA) is 49.6 Å². The highest BCUT2D eigenvalue weighted by Crippen LogP contribution is 2.23. The van der Waals surface area contributed by atoms with Gasteiger partial charge in [-0.25, -0.2) is 4.98 Å². The molecule has 2 aromatic heterocycles. The molecule has 0 fully saturated rings. The molecule has 6 heteroatoms. The average Bonchev–Trinajstić information content (AvgIpc) is 3.08. The van der Waals surface area contributed by atoms with Crippen molar-refractivity contribution in [2.24, 2.45) is 0 Å². The first-order valence-electron chi connectivity index (χ1n) is 8.14. The van der Waals surface area contributed by atoms with Crippen LogP contribution in [0.5, 0.6) is 0 Å². The molecule has 5 nitrogen and oxygen atoms in total. The minimum absolute atomic E-state index is 0.178. The summed E-state index contributed by atoms with van der Waals surface area (Å²) in [7, 11) is 0. The van der Waals surface area contributed by atoms with Crippen LogP contribution in [-0.2, 0) is 0 Å². The zero-order valence-corrected chi connectivity index (χ0v) is 15.3. The Balaban J connectivity index is 1.79. The normalized spacial score (nSPS) is 11.0. The van der Waals surface area contributed by atoms with E-state index in [-0.39, 0.29) is 5.91 Å². The summed E-state index contributed by atoms with van der Waals surface area (Å²) in [4.78, 5) is 21.1. The van der Waals surface area contributed by atoms with E-state index in [1.54, 1.807) is 17.5 Å². The van der Waals surface area contributed by atoms with Gasteiger partial charge in [0.2, 0.25) is 0 Å². The number of aromatic nitrogens is 2. The SMILES string of the molecule is CCN(CC)c1ccc(NC(=O)c2cn3cc(C)sc3n2)c(C)c1. The fourth-order valence-electron chi connectivity index (χ4n) is 2.78. The number of anilines is 2. The van der Waals surface area contributed by atoms with Crippen molar-refractivity contribution >= 4 is 33.6 Å². The Kier molecular flexibility index (Phi) is 4.57. The first kappa shape index (κ1) is 16.5. The van der Waals surface area contributed by atoms with Crippen molar-refractivity contribution in [1.29, 1.82) is 0 Å². The lowest BCUT2D eigenvalue weighted by Gasteiger charge is -2.22.